The monoisotopic (exact) mass is 1410 g/mol. The van der Waals surface area contributed by atoms with Crippen LogP contribution in [0.5, 0.6) is 0 Å². The maximum atomic E-state index is 13.3. The van der Waals surface area contributed by atoms with Gasteiger partial charge in [0.2, 0.25) is 0 Å². The number of carboxylic acid groups (broad SMARTS) is 2. The van der Waals surface area contributed by atoms with Crippen molar-refractivity contribution in [2.75, 3.05) is 0 Å². The second kappa shape index (κ2) is 26.9. The SMILES string of the molecule is Cc1ccc(-c2[c-]cc(F)cc2F)nc1.Fc1c[c-]c(-c2ccc(C(F)(F)F)cn2)c(F)c1.O=C(O)c1ccc(-c2ccc(-c3ccc(-c4ccc(C(=O)O)cc4)cn3)nc2)cc1.[Cl-].[Cl][Hf]([Cl])([Cl])[Cl].[Ir]. The molecule has 1 radical (unpaired) electrons. The summed E-state index contributed by atoms with van der Waals surface area (Å²) >= 11 is -3.39. The van der Waals surface area contributed by atoms with E-state index in [9.17, 15) is 40.3 Å². The molecule has 365 valence electrons. The van der Waals surface area contributed by atoms with Crippen LogP contribution in [0.4, 0.5) is 30.7 Å². The fourth-order valence-electron chi connectivity index (χ4n) is 5.65. The van der Waals surface area contributed by atoms with E-state index < -0.39 is 62.2 Å². The Hall–Kier alpha value is -5.10. The molecule has 0 aliphatic carbocycles. The molecule has 0 bridgehead atoms. The molecule has 2 N–H and O–H groups in total. The number of hydrogen-bond acceptors (Lipinski definition) is 6. The van der Waals surface area contributed by atoms with E-state index in [2.05, 4.69) is 32.1 Å². The van der Waals surface area contributed by atoms with Crippen molar-refractivity contribution in [3.8, 4) is 56.2 Å². The van der Waals surface area contributed by atoms with Crippen molar-refractivity contribution < 1.29 is 98.3 Å². The summed E-state index contributed by atoms with van der Waals surface area (Å²) in [7, 11) is 20.2. The van der Waals surface area contributed by atoms with Crippen LogP contribution in [0.25, 0.3) is 56.2 Å². The number of aromatic carboxylic acids is 2. The third kappa shape index (κ3) is 18.3. The summed E-state index contributed by atoms with van der Waals surface area (Å²) < 4.78 is 88.8. The van der Waals surface area contributed by atoms with Crippen LogP contribution in [0.1, 0.15) is 31.8 Å². The first-order valence-corrected chi connectivity index (χ1v) is 36.9. The van der Waals surface area contributed by atoms with Crippen LogP contribution >= 0.6 is 34.3 Å². The molecular weight excluding hydrogens is 1380 g/mol. The van der Waals surface area contributed by atoms with E-state index in [-0.39, 0.29) is 60.5 Å². The predicted molar refractivity (Wildman–Crippen MR) is 242 cm³/mol. The Labute approximate surface area is 433 Å². The van der Waals surface area contributed by atoms with Gasteiger partial charge in [0.05, 0.1) is 28.1 Å². The Bertz CT molecular complexity index is 2880. The number of benzene rings is 4. The van der Waals surface area contributed by atoms with Gasteiger partial charge >= 0.3 is 67.7 Å². The summed E-state index contributed by atoms with van der Waals surface area (Å²) in [6.07, 6.45) is 1.17. The molecule has 0 unspecified atom stereocenters. The van der Waals surface area contributed by atoms with Gasteiger partial charge in [-0.2, -0.15) is 13.2 Å². The van der Waals surface area contributed by atoms with Crippen molar-refractivity contribution in [1.82, 2.24) is 19.9 Å². The van der Waals surface area contributed by atoms with Crippen LogP contribution in [0, 0.1) is 42.3 Å². The minimum Gasteiger partial charge on any atom is 0 e. The van der Waals surface area contributed by atoms with Crippen molar-refractivity contribution in [2.24, 2.45) is 0 Å². The van der Waals surface area contributed by atoms with E-state index in [1.807, 2.05) is 37.3 Å². The number of alkyl halides is 3. The van der Waals surface area contributed by atoms with Crippen molar-refractivity contribution in [1.29, 1.82) is 0 Å². The molecule has 22 heteroatoms. The van der Waals surface area contributed by atoms with Gasteiger partial charge in [0.25, 0.3) is 0 Å². The zero-order valence-corrected chi connectivity index (χ0v) is 45.0. The van der Waals surface area contributed by atoms with Crippen LogP contribution in [0.3, 0.4) is 0 Å². The number of carboxylic acids is 2. The average Bonchev–Trinajstić information content (AvgIpc) is 3.29. The number of aromatic nitrogens is 4. The standard InChI is InChI=1S/C24H16N2O4.C12H5F5N.C12H8F2N.5ClH.Hf.Ir/c27-23(28)17-5-1-15(2-6-17)19-9-11-21(25-13-19)22-12-10-20(14-26-22)16-3-7-18(8-4-16)24(29)30;13-8-2-3-9(10(14)5-8)11-4-1-7(6-18-11)12(15,16)17;1-8-2-5-12(15-7-8)10-4-3-9(13)6-11(10)14;;;;;;;/h1-14H,(H,27,28)(H,29,30);1-2,4-6H;2-3,5-7H,1H3;5*1H;;/q;2*-1;;;;;;+4;/p-5. The number of pyridine rings is 4. The van der Waals surface area contributed by atoms with Crippen LogP contribution < -0.4 is 12.4 Å². The number of rotatable bonds is 7. The fraction of sp³-hybridized carbons (Fsp3) is 0.0417. The second-order valence-electron chi connectivity index (χ2n) is 13.8. The Morgan fingerprint density at radius 1 is 0.529 bits per heavy atom. The molecule has 8 rings (SSSR count). The van der Waals surface area contributed by atoms with E-state index in [0.29, 0.717) is 29.3 Å². The fourth-order valence-corrected chi connectivity index (χ4v) is 5.65. The van der Waals surface area contributed by atoms with Gasteiger partial charge in [-0.1, -0.05) is 83.9 Å². The van der Waals surface area contributed by atoms with Crippen LogP contribution in [0.15, 0.2) is 146 Å². The first kappa shape index (κ1) is 59.2. The molecular formula is C48H29Cl5F7HfIrN4O4-3. The zero-order valence-electron chi connectivity index (χ0n) is 35.2. The molecule has 8 nitrogen and oxygen atoms in total. The Morgan fingerprint density at radius 2 is 0.871 bits per heavy atom. The predicted octanol–water partition coefficient (Wildman–Crippen LogP) is 11.6. The van der Waals surface area contributed by atoms with Gasteiger partial charge in [-0.05, 0) is 71.4 Å². The Balaban J connectivity index is 0.000000278. The van der Waals surface area contributed by atoms with Crippen molar-refractivity contribution >= 4 is 46.2 Å². The van der Waals surface area contributed by atoms with Gasteiger partial charge in [-0.3, -0.25) is 27.5 Å². The molecule has 0 spiro atoms. The normalized spacial score (nSPS) is 10.6. The van der Waals surface area contributed by atoms with Gasteiger partial charge in [0.1, 0.15) is 0 Å². The van der Waals surface area contributed by atoms with E-state index in [4.69, 9.17) is 44.5 Å². The number of carbonyl (C=O) groups is 2. The smallest absolute Gasteiger partial charge is 0 e. The maximum absolute atomic E-state index is 13.3. The van der Waals surface area contributed by atoms with E-state index >= 15 is 0 Å². The quantitative estimate of drug-likeness (QED) is 0.0918. The first-order valence-electron chi connectivity index (χ1n) is 19.1. The summed E-state index contributed by atoms with van der Waals surface area (Å²) in [6.45, 7) is 1.89. The average molecular weight is 1410 g/mol. The minimum absolute atomic E-state index is 0. The van der Waals surface area contributed by atoms with Crippen LogP contribution in [0.2, 0.25) is 0 Å². The molecule has 0 fully saturated rings. The molecule has 0 aliphatic rings. The largest absolute Gasteiger partial charge is 0 e. The molecule has 8 aromatic rings. The van der Waals surface area contributed by atoms with Gasteiger partial charge < -0.3 is 32.6 Å². The first-order chi connectivity index (χ1) is 32.0. The minimum atomic E-state index is -4.50. The van der Waals surface area contributed by atoms with Crippen LogP contribution in [-0.4, -0.2) is 42.1 Å². The van der Waals surface area contributed by atoms with Gasteiger partial charge in [0, 0.05) is 79.3 Å². The summed E-state index contributed by atoms with van der Waals surface area (Å²) in [5, 5.41) is 18.0. The molecule has 70 heavy (non-hydrogen) atoms. The van der Waals surface area contributed by atoms with Gasteiger partial charge in [-0.15, -0.1) is 24.3 Å². The van der Waals surface area contributed by atoms with Crippen molar-refractivity contribution in [3.63, 3.8) is 0 Å². The maximum Gasteiger partial charge on any atom is 0 e. The molecule has 4 aromatic heterocycles. The number of aryl methyl sites for hydroxylation is 1. The molecule has 0 saturated heterocycles. The summed E-state index contributed by atoms with van der Waals surface area (Å²) in [6, 6.07) is 34.4. The Kier molecular flexibility index (Phi) is 22.8. The number of hydrogen-bond donors (Lipinski definition) is 2. The molecule has 4 heterocycles. The third-order valence-corrected chi connectivity index (χ3v) is 8.95. The molecule has 0 saturated carbocycles. The summed E-state index contributed by atoms with van der Waals surface area (Å²) in [5.74, 6) is -4.94. The molecule has 0 atom stereocenters. The van der Waals surface area contributed by atoms with Gasteiger partial charge in [-0.25, -0.2) is 9.59 Å². The zero-order chi connectivity index (χ0) is 49.8. The summed E-state index contributed by atoms with van der Waals surface area (Å²) in [5.41, 5.74) is 5.92. The molecule has 4 aromatic carbocycles. The second-order valence-corrected chi connectivity index (χ2v) is 44.9. The van der Waals surface area contributed by atoms with Gasteiger partial charge in [0.15, 0.2) is 0 Å². The molecule has 0 aliphatic heterocycles. The number of nitrogens with zero attached hydrogens (tertiary/aromatic N) is 4. The number of halogens is 12. The van der Waals surface area contributed by atoms with Crippen molar-refractivity contribution in [2.45, 2.75) is 13.1 Å². The van der Waals surface area contributed by atoms with E-state index in [1.54, 1.807) is 73.2 Å². The Morgan fingerprint density at radius 3 is 1.16 bits per heavy atom. The van der Waals surface area contributed by atoms with E-state index in [1.165, 1.54) is 0 Å². The third-order valence-electron chi connectivity index (χ3n) is 8.95. The van der Waals surface area contributed by atoms with Crippen molar-refractivity contribution in [3.05, 3.63) is 204 Å². The van der Waals surface area contributed by atoms with Crippen LogP contribution in [-0.2, 0) is 41.5 Å². The summed E-state index contributed by atoms with van der Waals surface area (Å²) in [4.78, 5) is 38.4. The van der Waals surface area contributed by atoms with E-state index in [0.717, 1.165) is 58.1 Å². The topological polar surface area (TPSA) is 126 Å². The molecule has 0 amide bonds.